The van der Waals surface area contributed by atoms with Gasteiger partial charge in [0.25, 0.3) is 0 Å². The fourth-order valence-corrected chi connectivity index (χ4v) is 2.54. The maximum absolute atomic E-state index is 13.5. The normalized spacial score (nSPS) is 10.7. The average molecular weight is 286 g/mol. The molecule has 2 aromatic rings. The fourth-order valence-electron chi connectivity index (χ4n) is 2.54. The van der Waals surface area contributed by atoms with Gasteiger partial charge in [-0.05, 0) is 61.7 Å². The lowest BCUT2D eigenvalue weighted by molar-refractivity contribution is 0.625. The van der Waals surface area contributed by atoms with Crippen molar-refractivity contribution in [2.45, 2.75) is 26.8 Å². The van der Waals surface area contributed by atoms with Crippen molar-refractivity contribution in [2.24, 2.45) is 5.73 Å². The summed E-state index contributed by atoms with van der Waals surface area (Å²) in [5, 5.41) is 0. The van der Waals surface area contributed by atoms with Crippen LogP contribution in [0, 0.1) is 19.7 Å². The smallest absolute Gasteiger partial charge is 0.125 e. The molecular weight excluding hydrogens is 263 g/mol. The van der Waals surface area contributed by atoms with Gasteiger partial charge in [-0.3, -0.25) is 0 Å². The highest BCUT2D eigenvalue weighted by Crippen LogP contribution is 2.22. The first kappa shape index (κ1) is 15.5. The zero-order valence-electron chi connectivity index (χ0n) is 12.8. The molecular formula is C18H23FN2. The number of anilines is 1. The summed E-state index contributed by atoms with van der Waals surface area (Å²) in [6.45, 7) is 6.48. The first-order valence-electron chi connectivity index (χ1n) is 7.37. The molecule has 2 rings (SSSR count). The number of hydrogen-bond donors (Lipinski definition) is 1. The topological polar surface area (TPSA) is 29.3 Å². The Morgan fingerprint density at radius 1 is 1.05 bits per heavy atom. The Bertz CT molecular complexity index is 575. The second kappa shape index (κ2) is 7.23. The Kier molecular flexibility index (Phi) is 5.34. The molecule has 0 heterocycles. The molecule has 0 saturated heterocycles. The molecule has 0 aromatic heterocycles. The summed E-state index contributed by atoms with van der Waals surface area (Å²) in [5.74, 6) is -0.202. The molecule has 0 amide bonds. The standard InChI is InChI=1S/C18H23FN2/c1-14-6-3-7-15(2)18(14)13-21(11-5-10-20)17-9-4-8-16(19)12-17/h3-4,6-9,12H,5,10-11,13,20H2,1-2H3. The molecule has 2 nitrogen and oxygen atoms in total. The predicted octanol–water partition coefficient (Wildman–Crippen LogP) is 3.80. The molecule has 0 aliphatic heterocycles. The van der Waals surface area contributed by atoms with Gasteiger partial charge in [-0.25, -0.2) is 4.39 Å². The molecule has 0 radical (unpaired) electrons. The second-order valence-corrected chi connectivity index (χ2v) is 5.41. The monoisotopic (exact) mass is 286 g/mol. The van der Waals surface area contributed by atoms with Gasteiger partial charge >= 0.3 is 0 Å². The Hall–Kier alpha value is -1.87. The molecule has 0 spiro atoms. The SMILES string of the molecule is Cc1cccc(C)c1CN(CCCN)c1cccc(F)c1. The average Bonchev–Trinajstić information content (AvgIpc) is 2.46. The molecule has 3 heteroatoms. The number of halogens is 1. The van der Waals surface area contributed by atoms with Crippen LogP contribution in [-0.4, -0.2) is 13.1 Å². The van der Waals surface area contributed by atoms with E-state index in [1.807, 2.05) is 6.07 Å². The Balaban J connectivity index is 2.28. The van der Waals surface area contributed by atoms with E-state index in [9.17, 15) is 4.39 Å². The zero-order chi connectivity index (χ0) is 15.2. The molecule has 0 aliphatic carbocycles. The predicted molar refractivity (Wildman–Crippen MR) is 87.0 cm³/mol. The molecule has 0 atom stereocenters. The number of nitrogens with zero attached hydrogens (tertiary/aromatic N) is 1. The van der Waals surface area contributed by atoms with Crippen LogP contribution < -0.4 is 10.6 Å². The van der Waals surface area contributed by atoms with Gasteiger partial charge < -0.3 is 10.6 Å². The third kappa shape index (κ3) is 4.05. The van der Waals surface area contributed by atoms with Crippen molar-refractivity contribution in [3.63, 3.8) is 0 Å². The summed E-state index contributed by atoms with van der Waals surface area (Å²) < 4.78 is 13.5. The lowest BCUT2D eigenvalue weighted by Gasteiger charge is -2.26. The van der Waals surface area contributed by atoms with E-state index in [0.717, 1.165) is 25.2 Å². The van der Waals surface area contributed by atoms with Crippen LogP contribution in [0.25, 0.3) is 0 Å². The molecule has 0 bridgehead atoms. The van der Waals surface area contributed by atoms with E-state index in [0.29, 0.717) is 6.54 Å². The minimum Gasteiger partial charge on any atom is -0.367 e. The highest BCUT2D eigenvalue weighted by molar-refractivity contribution is 5.48. The summed E-state index contributed by atoms with van der Waals surface area (Å²) in [6, 6.07) is 13.1. The van der Waals surface area contributed by atoms with Crippen molar-refractivity contribution in [2.75, 3.05) is 18.0 Å². The highest BCUT2D eigenvalue weighted by atomic mass is 19.1. The van der Waals surface area contributed by atoms with E-state index in [1.54, 1.807) is 12.1 Å². The molecule has 2 aromatic carbocycles. The van der Waals surface area contributed by atoms with Crippen LogP contribution in [0.5, 0.6) is 0 Å². The lowest BCUT2D eigenvalue weighted by Crippen LogP contribution is -2.26. The molecule has 112 valence electrons. The molecule has 0 saturated carbocycles. The van der Waals surface area contributed by atoms with Crippen LogP contribution in [0.4, 0.5) is 10.1 Å². The van der Waals surface area contributed by atoms with E-state index in [1.165, 1.54) is 22.8 Å². The third-order valence-electron chi connectivity index (χ3n) is 3.80. The summed E-state index contributed by atoms with van der Waals surface area (Å²) in [5.41, 5.74) is 10.4. The summed E-state index contributed by atoms with van der Waals surface area (Å²) >= 11 is 0. The minimum absolute atomic E-state index is 0.202. The van der Waals surface area contributed by atoms with Gasteiger partial charge in [0.05, 0.1) is 0 Å². The van der Waals surface area contributed by atoms with Crippen LogP contribution in [0.1, 0.15) is 23.1 Å². The maximum atomic E-state index is 13.5. The van der Waals surface area contributed by atoms with Gasteiger partial charge in [0.15, 0.2) is 0 Å². The van der Waals surface area contributed by atoms with E-state index in [2.05, 4.69) is 36.9 Å². The van der Waals surface area contributed by atoms with Crippen LogP contribution in [0.15, 0.2) is 42.5 Å². The van der Waals surface area contributed by atoms with E-state index in [-0.39, 0.29) is 5.82 Å². The molecule has 0 aliphatic rings. The second-order valence-electron chi connectivity index (χ2n) is 5.41. The van der Waals surface area contributed by atoms with Crippen LogP contribution in [0.3, 0.4) is 0 Å². The highest BCUT2D eigenvalue weighted by Gasteiger charge is 2.11. The van der Waals surface area contributed by atoms with Crippen molar-refractivity contribution < 1.29 is 4.39 Å². The van der Waals surface area contributed by atoms with Gasteiger partial charge in [-0.15, -0.1) is 0 Å². The van der Waals surface area contributed by atoms with Crippen molar-refractivity contribution in [3.05, 3.63) is 65.0 Å². The van der Waals surface area contributed by atoms with Crippen LogP contribution >= 0.6 is 0 Å². The maximum Gasteiger partial charge on any atom is 0.125 e. The van der Waals surface area contributed by atoms with Crippen molar-refractivity contribution >= 4 is 5.69 Å². The Morgan fingerprint density at radius 3 is 2.33 bits per heavy atom. The summed E-state index contributed by atoms with van der Waals surface area (Å²) in [6.07, 6.45) is 0.890. The lowest BCUT2D eigenvalue weighted by atomic mass is 10.0. The largest absolute Gasteiger partial charge is 0.367 e. The van der Waals surface area contributed by atoms with Crippen molar-refractivity contribution in [1.29, 1.82) is 0 Å². The summed E-state index contributed by atoms with van der Waals surface area (Å²) in [4.78, 5) is 2.20. The first-order chi connectivity index (χ1) is 10.1. The quantitative estimate of drug-likeness (QED) is 0.875. The third-order valence-corrected chi connectivity index (χ3v) is 3.80. The van der Waals surface area contributed by atoms with Gasteiger partial charge in [0.1, 0.15) is 5.82 Å². The van der Waals surface area contributed by atoms with Crippen molar-refractivity contribution in [1.82, 2.24) is 0 Å². The summed E-state index contributed by atoms with van der Waals surface area (Å²) in [7, 11) is 0. The number of hydrogen-bond acceptors (Lipinski definition) is 2. The molecule has 21 heavy (non-hydrogen) atoms. The van der Waals surface area contributed by atoms with Crippen LogP contribution in [-0.2, 0) is 6.54 Å². The van der Waals surface area contributed by atoms with Gasteiger partial charge in [-0.1, -0.05) is 24.3 Å². The van der Waals surface area contributed by atoms with E-state index < -0.39 is 0 Å². The van der Waals surface area contributed by atoms with Gasteiger partial charge in [0.2, 0.25) is 0 Å². The molecule has 2 N–H and O–H groups in total. The van der Waals surface area contributed by atoms with Crippen LogP contribution in [0.2, 0.25) is 0 Å². The first-order valence-corrected chi connectivity index (χ1v) is 7.37. The van der Waals surface area contributed by atoms with Crippen molar-refractivity contribution in [3.8, 4) is 0 Å². The molecule has 0 unspecified atom stereocenters. The molecule has 0 fully saturated rings. The number of benzene rings is 2. The minimum atomic E-state index is -0.202. The number of rotatable bonds is 6. The van der Waals surface area contributed by atoms with E-state index in [4.69, 9.17) is 5.73 Å². The number of nitrogens with two attached hydrogens (primary N) is 1. The van der Waals surface area contributed by atoms with Gasteiger partial charge in [-0.2, -0.15) is 0 Å². The van der Waals surface area contributed by atoms with Gasteiger partial charge in [0, 0.05) is 18.8 Å². The zero-order valence-corrected chi connectivity index (χ0v) is 12.8. The Morgan fingerprint density at radius 2 is 1.71 bits per heavy atom. The Labute approximate surface area is 126 Å². The van der Waals surface area contributed by atoms with E-state index >= 15 is 0 Å². The fraction of sp³-hybridized carbons (Fsp3) is 0.333. The number of aryl methyl sites for hydroxylation is 2.